The van der Waals surface area contributed by atoms with E-state index in [1.165, 1.54) is 5.01 Å². The first kappa shape index (κ1) is 23.6. The molecule has 1 aromatic carbocycles. The van der Waals surface area contributed by atoms with Crippen molar-refractivity contribution in [1.82, 2.24) is 20.1 Å². The molecule has 10 heteroatoms. The summed E-state index contributed by atoms with van der Waals surface area (Å²) in [4.78, 5) is 15.5. The predicted molar refractivity (Wildman–Crippen MR) is 130 cm³/mol. The van der Waals surface area contributed by atoms with Crippen LogP contribution in [0, 0.1) is 0 Å². The summed E-state index contributed by atoms with van der Waals surface area (Å²) in [6.45, 7) is 3.21. The Labute approximate surface area is 208 Å². The van der Waals surface area contributed by atoms with E-state index < -0.39 is 0 Å². The molecule has 4 heterocycles. The standard InChI is InChI=1S/C26H27N5O5/c1-3-12-30(16-24-27-28-26(36-24)23-7-5-14-35-23)17-25(32)31-21(22-6-4-13-34-22)15-20(29-31)18-8-10-19(33-2)11-9-18/h4-11,13-14,21H,3,12,15-17H2,1-2H3/t21-/m1/s1. The third kappa shape index (κ3) is 5.08. The molecule has 4 aromatic rings. The van der Waals surface area contributed by atoms with Gasteiger partial charge in [-0.2, -0.15) is 5.10 Å². The number of amides is 1. The highest BCUT2D eigenvalue weighted by Crippen LogP contribution is 2.33. The minimum absolute atomic E-state index is 0.140. The molecule has 0 saturated carbocycles. The van der Waals surface area contributed by atoms with Crippen LogP contribution in [0.1, 0.15) is 43.0 Å². The largest absolute Gasteiger partial charge is 0.497 e. The molecule has 186 valence electrons. The summed E-state index contributed by atoms with van der Waals surface area (Å²) >= 11 is 0. The molecular formula is C26H27N5O5. The number of hydrogen-bond donors (Lipinski definition) is 0. The first-order valence-electron chi connectivity index (χ1n) is 11.8. The van der Waals surface area contributed by atoms with Gasteiger partial charge in [0.05, 0.1) is 38.4 Å². The minimum Gasteiger partial charge on any atom is -0.497 e. The lowest BCUT2D eigenvalue weighted by molar-refractivity contribution is -0.134. The van der Waals surface area contributed by atoms with Crippen LogP contribution < -0.4 is 4.74 Å². The summed E-state index contributed by atoms with van der Waals surface area (Å²) < 4.78 is 22.0. The number of hydrazone groups is 1. The summed E-state index contributed by atoms with van der Waals surface area (Å²) in [5, 5.41) is 14.4. The molecule has 0 bridgehead atoms. The van der Waals surface area contributed by atoms with Gasteiger partial charge in [-0.25, -0.2) is 5.01 Å². The monoisotopic (exact) mass is 489 g/mol. The van der Waals surface area contributed by atoms with Crippen LogP contribution in [-0.2, 0) is 11.3 Å². The normalized spacial score (nSPS) is 15.5. The van der Waals surface area contributed by atoms with Gasteiger partial charge in [-0.15, -0.1) is 10.2 Å². The molecule has 3 aromatic heterocycles. The quantitative estimate of drug-likeness (QED) is 0.320. The third-order valence-corrected chi connectivity index (χ3v) is 5.92. The van der Waals surface area contributed by atoms with Crippen LogP contribution in [0.2, 0.25) is 0 Å². The maximum Gasteiger partial charge on any atom is 0.283 e. The molecule has 0 aliphatic carbocycles. The van der Waals surface area contributed by atoms with E-state index in [-0.39, 0.29) is 18.5 Å². The van der Waals surface area contributed by atoms with E-state index in [1.807, 2.05) is 41.3 Å². The van der Waals surface area contributed by atoms with Crippen molar-refractivity contribution in [2.45, 2.75) is 32.4 Å². The van der Waals surface area contributed by atoms with E-state index >= 15 is 0 Å². The predicted octanol–water partition coefficient (Wildman–Crippen LogP) is 4.52. The molecule has 10 nitrogen and oxygen atoms in total. The zero-order valence-electron chi connectivity index (χ0n) is 20.2. The van der Waals surface area contributed by atoms with Gasteiger partial charge in [0, 0.05) is 6.42 Å². The van der Waals surface area contributed by atoms with Crippen molar-refractivity contribution in [2.24, 2.45) is 5.10 Å². The first-order chi connectivity index (χ1) is 17.6. The summed E-state index contributed by atoms with van der Waals surface area (Å²) in [7, 11) is 1.63. The van der Waals surface area contributed by atoms with Crippen LogP contribution in [0.5, 0.6) is 5.75 Å². The summed E-state index contributed by atoms with van der Waals surface area (Å²) in [6.07, 6.45) is 4.57. The smallest absolute Gasteiger partial charge is 0.283 e. The summed E-state index contributed by atoms with van der Waals surface area (Å²) in [5.74, 6) is 2.54. The van der Waals surface area contributed by atoms with Crippen molar-refractivity contribution in [3.63, 3.8) is 0 Å². The number of hydrogen-bond acceptors (Lipinski definition) is 9. The Morgan fingerprint density at radius 3 is 2.61 bits per heavy atom. The molecule has 1 amide bonds. The van der Waals surface area contributed by atoms with E-state index in [0.717, 1.165) is 23.4 Å². The van der Waals surface area contributed by atoms with Crippen LogP contribution in [0.25, 0.3) is 11.7 Å². The third-order valence-electron chi connectivity index (χ3n) is 5.92. The molecular weight excluding hydrogens is 462 g/mol. The molecule has 1 atom stereocenters. The lowest BCUT2D eigenvalue weighted by atomic mass is 10.0. The molecule has 1 aliphatic heterocycles. The number of carbonyl (C=O) groups is 1. The van der Waals surface area contributed by atoms with Crippen LogP contribution in [0.3, 0.4) is 0 Å². The Kier molecular flexibility index (Phi) is 6.94. The molecule has 0 saturated heterocycles. The fraction of sp³-hybridized carbons (Fsp3) is 0.308. The van der Waals surface area contributed by atoms with Gasteiger partial charge in [-0.1, -0.05) is 6.92 Å². The van der Waals surface area contributed by atoms with Crippen molar-refractivity contribution >= 4 is 11.6 Å². The fourth-order valence-electron chi connectivity index (χ4n) is 4.20. The maximum atomic E-state index is 13.5. The second kappa shape index (κ2) is 10.6. The van der Waals surface area contributed by atoms with E-state index in [0.29, 0.717) is 42.8 Å². The van der Waals surface area contributed by atoms with Crippen LogP contribution >= 0.6 is 0 Å². The zero-order valence-corrected chi connectivity index (χ0v) is 20.2. The number of ether oxygens (including phenoxy) is 1. The maximum absolute atomic E-state index is 13.5. The lowest BCUT2D eigenvalue weighted by Gasteiger charge is -2.24. The molecule has 5 rings (SSSR count). The fourth-order valence-corrected chi connectivity index (χ4v) is 4.20. The molecule has 0 N–H and O–H groups in total. The SMILES string of the molecule is CCCN(CC(=O)N1N=C(c2ccc(OC)cc2)C[C@@H]1c1ccco1)Cc1nnc(-c2ccco2)o1. The van der Waals surface area contributed by atoms with Crippen LogP contribution in [0.4, 0.5) is 0 Å². The summed E-state index contributed by atoms with van der Waals surface area (Å²) in [6, 6.07) is 14.5. The Hall–Kier alpha value is -4.18. The van der Waals surface area contributed by atoms with Gasteiger partial charge >= 0.3 is 0 Å². The second-order valence-electron chi connectivity index (χ2n) is 8.44. The number of benzene rings is 1. The van der Waals surface area contributed by atoms with E-state index in [4.69, 9.17) is 23.1 Å². The highest BCUT2D eigenvalue weighted by atomic mass is 16.5. The highest BCUT2D eigenvalue weighted by Gasteiger charge is 2.35. The number of nitrogens with zero attached hydrogens (tertiary/aromatic N) is 5. The zero-order chi connectivity index (χ0) is 24.9. The Bertz CT molecular complexity index is 1290. The lowest BCUT2D eigenvalue weighted by Crippen LogP contribution is -2.38. The van der Waals surface area contributed by atoms with Crippen molar-refractivity contribution in [2.75, 3.05) is 20.2 Å². The molecule has 0 unspecified atom stereocenters. The van der Waals surface area contributed by atoms with Crippen LogP contribution in [-0.4, -0.2) is 51.9 Å². The average Bonchev–Trinajstić information content (AvgIpc) is 3.69. The topological polar surface area (TPSA) is 110 Å². The van der Waals surface area contributed by atoms with Crippen molar-refractivity contribution in [3.8, 4) is 17.4 Å². The average molecular weight is 490 g/mol. The van der Waals surface area contributed by atoms with E-state index in [9.17, 15) is 4.79 Å². The molecule has 36 heavy (non-hydrogen) atoms. The molecule has 0 spiro atoms. The number of rotatable bonds is 10. The van der Waals surface area contributed by atoms with Gasteiger partial charge < -0.3 is 18.0 Å². The highest BCUT2D eigenvalue weighted by molar-refractivity contribution is 6.03. The van der Waals surface area contributed by atoms with Gasteiger partial charge in [0.15, 0.2) is 5.76 Å². The Morgan fingerprint density at radius 1 is 1.11 bits per heavy atom. The number of carbonyl (C=O) groups excluding carboxylic acids is 1. The van der Waals surface area contributed by atoms with Crippen molar-refractivity contribution in [1.29, 1.82) is 0 Å². The number of methoxy groups -OCH3 is 1. The second-order valence-corrected chi connectivity index (χ2v) is 8.44. The van der Waals surface area contributed by atoms with Crippen molar-refractivity contribution < 1.29 is 22.8 Å². The van der Waals surface area contributed by atoms with Gasteiger partial charge in [-0.3, -0.25) is 9.69 Å². The Morgan fingerprint density at radius 2 is 1.92 bits per heavy atom. The van der Waals surface area contributed by atoms with Gasteiger partial charge in [-0.05, 0) is 67.1 Å². The first-order valence-corrected chi connectivity index (χ1v) is 11.8. The molecule has 0 radical (unpaired) electrons. The van der Waals surface area contributed by atoms with Gasteiger partial charge in [0.25, 0.3) is 11.8 Å². The van der Waals surface area contributed by atoms with Gasteiger partial charge in [0.1, 0.15) is 17.6 Å². The summed E-state index contributed by atoms with van der Waals surface area (Å²) in [5.41, 5.74) is 1.75. The van der Waals surface area contributed by atoms with Crippen LogP contribution in [0.15, 0.2) is 79.4 Å². The number of aromatic nitrogens is 2. The van der Waals surface area contributed by atoms with Gasteiger partial charge in [0.2, 0.25) is 5.89 Å². The number of furan rings is 2. The van der Waals surface area contributed by atoms with Crippen molar-refractivity contribution in [3.05, 3.63) is 78.3 Å². The molecule has 0 fully saturated rings. The van der Waals surface area contributed by atoms with E-state index in [1.54, 1.807) is 31.8 Å². The Balaban J connectivity index is 1.33. The van der Waals surface area contributed by atoms with E-state index in [2.05, 4.69) is 17.1 Å². The minimum atomic E-state index is -0.318. The molecule has 1 aliphatic rings.